The van der Waals surface area contributed by atoms with Gasteiger partial charge in [0.2, 0.25) is 0 Å². The second-order valence-electron chi connectivity index (χ2n) is 4.76. The van der Waals surface area contributed by atoms with Gasteiger partial charge in [0, 0.05) is 30.0 Å². The van der Waals surface area contributed by atoms with Crippen LogP contribution in [-0.4, -0.2) is 21.9 Å². The van der Waals surface area contributed by atoms with Crippen LogP contribution >= 0.6 is 0 Å². The van der Waals surface area contributed by atoms with Gasteiger partial charge in [0.1, 0.15) is 5.84 Å². The zero-order valence-electron chi connectivity index (χ0n) is 11.2. The molecular formula is C16H13N3O2. The summed E-state index contributed by atoms with van der Waals surface area (Å²) in [7, 11) is 0. The molecule has 0 radical (unpaired) electrons. The van der Waals surface area contributed by atoms with E-state index in [-0.39, 0.29) is 12.0 Å². The first-order valence-electron chi connectivity index (χ1n) is 6.45. The van der Waals surface area contributed by atoms with Gasteiger partial charge in [-0.1, -0.05) is 12.1 Å². The van der Waals surface area contributed by atoms with E-state index in [1.165, 1.54) is 0 Å². The number of rotatable bonds is 2. The maximum absolute atomic E-state index is 11.2. The smallest absolute Gasteiger partial charge is 0.332 e. The minimum Gasteiger partial charge on any atom is -0.478 e. The predicted molar refractivity (Wildman–Crippen MR) is 81.2 cm³/mol. The Balaban J connectivity index is 2.11. The number of amidine groups is 1. The standard InChI is InChI=1S/C16H13N3O2/c17-15-9-13(16(20)21)7-12-2-1-11(8-14(12)19-15)10-3-5-18-6-4-10/h1-8H,9H2,(H2,17,19)(H,20,21). The topological polar surface area (TPSA) is 88.6 Å². The van der Waals surface area contributed by atoms with Gasteiger partial charge in [0.05, 0.1) is 5.69 Å². The zero-order valence-corrected chi connectivity index (χ0v) is 11.2. The molecule has 5 heteroatoms. The summed E-state index contributed by atoms with van der Waals surface area (Å²) in [5.41, 5.74) is 9.49. The lowest BCUT2D eigenvalue weighted by Gasteiger charge is -2.05. The largest absolute Gasteiger partial charge is 0.478 e. The molecule has 0 atom stereocenters. The summed E-state index contributed by atoms with van der Waals surface area (Å²) in [5.74, 6) is -0.673. The van der Waals surface area contributed by atoms with E-state index < -0.39 is 5.97 Å². The van der Waals surface area contributed by atoms with E-state index in [2.05, 4.69) is 9.98 Å². The normalized spacial score (nSPS) is 13.7. The van der Waals surface area contributed by atoms with Crippen molar-refractivity contribution >= 4 is 23.6 Å². The van der Waals surface area contributed by atoms with Gasteiger partial charge in [-0.05, 0) is 35.4 Å². The number of aliphatic imine (C=N–C) groups is 1. The van der Waals surface area contributed by atoms with Crippen LogP contribution in [0.4, 0.5) is 5.69 Å². The van der Waals surface area contributed by atoms with Gasteiger partial charge in [-0.15, -0.1) is 0 Å². The Hall–Kier alpha value is -2.95. The molecular weight excluding hydrogens is 266 g/mol. The van der Waals surface area contributed by atoms with Gasteiger partial charge >= 0.3 is 5.97 Å². The third-order valence-electron chi connectivity index (χ3n) is 3.28. The van der Waals surface area contributed by atoms with Crippen LogP contribution < -0.4 is 5.73 Å². The van der Waals surface area contributed by atoms with E-state index in [0.29, 0.717) is 11.5 Å². The number of pyridine rings is 1. The number of benzene rings is 1. The Labute approximate surface area is 121 Å². The van der Waals surface area contributed by atoms with Crippen LogP contribution in [0.15, 0.2) is 53.3 Å². The SMILES string of the molecule is NC1=Nc2cc(-c3ccncc3)ccc2C=C(C(=O)O)C1. The first kappa shape index (κ1) is 13.1. The lowest BCUT2D eigenvalue weighted by Crippen LogP contribution is -2.14. The van der Waals surface area contributed by atoms with E-state index in [9.17, 15) is 4.79 Å². The Morgan fingerprint density at radius 1 is 1.14 bits per heavy atom. The van der Waals surface area contributed by atoms with E-state index in [1.54, 1.807) is 18.5 Å². The highest BCUT2D eigenvalue weighted by Gasteiger charge is 2.15. The third-order valence-corrected chi connectivity index (χ3v) is 3.28. The number of fused-ring (bicyclic) bond motifs is 1. The highest BCUT2D eigenvalue weighted by atomic mass is 16.4. The minimum absolute atomic E-state index is 0.147. The minimum atomic E-state index is -0.973. The van der Waals surface area contributed by atoms with Crippen molar-refractivity contribution in [2.24, 2.45) is 10.7 Å². The molecule has 0 fully saturated rings. The van der Waals surface area contributed by atoms with Gasteiger partial charge in [0.25, 0.3) is 0 Å². The molecule has 3 rings (SSSR count). The molecule has 0 amide bonds. The van der Waals surface area contributed by atoms with Crippen molar-refractivity contribution in [2.45, 2.75) is 6.42 Å². The van der Waals surface area contributed by atoms with Crippen molar-refractivity contribution in [1.29, 1.82) is 0 Å². The highest BCUT2D eigenvalue weighted by Crippen LogP contribution is 2.31. The second-order valence-corrected chi connectivity index (χ2v) is 4.76. The highest BCUT2D eigenvalue weighted by molar-refractivity contribution is 6.02. The van der Waals surface area contributed by atoms with E-state index in [0.717, 1.165) is 16.7 Å². The molecule has 1 aliphatic heterocycles. The fraction of sp³-hybridized carbons (Fsp3) is 0.0625. The van der Waals surface area contributed by atoms with Gasteiger partial charge in [-0.2, -0.15) is 0 Å². The lowest BCUT2D eigenvalue weighted by atomic mass is 10.0. The molecule has 5 nitrogen and oxygen atoms in total. The number of hydrogen-bond acceptors (Lipinski definition) is 4. The molecule has 0 bridgehead atoms. The first-order valence-corrected chi connectivity index (χ1v) is 6.45. The predicted octanol–water partition coefficient (Wildman–Crippen LogP) is 2.61. The Morgan fingerprint density at radius 2 is 1.90 bits per heavy atom. The van der Waals surface area contributed by atoms with Crippen molar-refractivity contribution in [1.82, 2.24) is 4.98 Å². The molecule has 1 aromatic heterocycles. The molecule has 0 saturated carbocycles. The fourth-order valence-electron chi connectivity index (χ4n) is 2.25. The van der Waals surface area contributed by atoms with Crippen LogP contribution in [0.2, 0.25) is 0 Å². The summed E-state index contributed by atoms with van der Waals surface area (Å²) >= 11 is 0. The van der Waals surface area contributed by atoms with Crippen molar-refractivity contribution in [2.75, 3.05) is 0 Å². The van der Waals surface area contributed by atoms with Crippen LogP contribution in [0.25, 0.3) is 17.2 Å². The van der Waals surface area contributed by atoms with Gasteiger partial charge in [-0.3, -0.25) is 4.98 Å². The zero-order chi connectivity index (χ0) is 14.8. The van der Waals surface area contributed by atoms with Crippen LogP contribution in [0, 0.1) is 0 Å². The Morgan fingerprint density at radius 3 is 2.62 bits per heavy atom. The van der Waals surface area contributed by atoms with Gasteiger partial charge in [-0.25, -0.2) is 9.79 Å². The summed E-state index contributed by atoms with van der Waals surface area (Å²) in [6, 6.07) is 9.50. The number of carboxylic acids is 1. The molecule has 0 aliphatic carbocycles. The van der Waals surface area contributed by atoms with Crippen LogP contribution in [0.3, 0.4) is 0 Å². The monoisotopic (exact) mass is 279 g/mol. The molecule has 3 N–H and O–H groups in total. The molecule has 21 heavy (non-hydrogen) atoms. The number of nitrogens with two attached hydrogens (primary N) is 1. The molecule has 2 aromatic rings. The number of nitrogens with zero attached hydrogens (tertiary/aromatic N) is 2. The third kappa shape index (κ3) is 2.67. The van der Waals surface area contributed by atoms with Crippen LogP contribution in [0.1, 0.15) is 12.0 Å². The Kier molecular flexibility index (Phi) is 3.23. The molecule has 0 unspecified atom stereocenters. The number of aliphatic carboxylic acids is 1. The first-order chi connectivity index (χ1) is 10.1. The molecule has 2 heterocycles. The lowest BCUT2D eigenvalue weighted by molar-refractivity contribution is -0.132. The summed E-state index contributed by atoms with van der Waals surface area (Å²) in [4.78, 5) is 19.5. The van der Waals surface area contributed by atoms with E-state index >= 15 is 0 Å². The van der Waals surface area contributed by atoms with E-state index in [4.69, 9.17) is 10.8 Å². The maximum atomic E-state index is 11.2. The van der Waals surface area contributed by atoms with Crippen molar-refractivity contribution in [3.8, 4) is 11.1 Å². The van der Waals surface area contributed by atoms with E-state index in [1.807, 2.05) is 30.3 Å². The van der Waals surface area contributed by atoms with Gasteiger partial charge < -0.3 is 10.8 Å². The number of aromatic nitrogens is 1. The quantitative estimate of drug-likeness (QED) is 0.884. The molecule has 104 valence electrons. The molecule has 0 saturated heterocycles. The molecule has 1 aromatic carbocycles. The van der Waals surface area contributed by atoms with Crippen molar-refractivity contribution < 1.29 is 9.90 Å². The summed E-state index contributed by atoms with van der Waals surface area (Å²) < 4.78 is 0. The van der Waals surface area contributed by atoms with Crippen LogP contribution in [0.5, 0.6) is 0 Å². The summed E-state index contributed by atoms with van der Waals surface area (Å²) in [6.07, 6.45) is 5.22. The van der Waals surface area contributed by atoms with Crippen LogP contribution in [-0.2, 0) is 4.79 Å². The molecule has 0 spiro atoms. The second kappa shape index (κ2) is 5.20. The number of carboxylic acid groups (broad SMARTS) is 1. The average Bonchev–Trinajstić information content (AvgIpc) is 2.65. The average molecular weight is 279 g/mol. The van der Waals surface area contributed by atoms with Gasteiger partial charge in [0.15, 0.2) is 0 Å². The number of carbonyl (C=O) groups is 1. The fourth-order valence-corrected chi connectivity index (χ4v) is 2.25. The maximum Gasteiger partial charge on any atom is 0.332 e. The summed E-state index contributed by atoms with van der Waals surface area (Å²) in [6.45, 7) is 0. The van der Waals surface area contributed by atoms with Crippen molar-refractivity contribution in [3.05, 3.63) is 53.9 Å². The molecule has 1 aliphatic rings. The van der Waals surface area contributed by atoms with Crippen molar-refractivity contribution in [3.63, 3.8) is 0 Å². The summed E-state index contributed by atoms with van der Waals surface area (Å²) in [5, 5.41) is 9.15. The number of hydrogen-bond donors (Lipinski definition) is 2. The Bertz CT molecular complexity index is 764.